The molecule has 2 N–H and O–H groups in total. The maximum absolute atomic E-state index is 13.3. The largest absolute Gasteiger partial charge is 0.384 e. The molecule has 0 radical (unpaired) electrons. The van der Waals surface area contributed by atoms with Gasteiger partial charge in [0.25, 0.3) is 0 Å². The number of hydrogen-bond acceptors (Lipinski definition) is 2. The van der Waals surface area contributed by atoms with Crippen molar-refractivity contribution in [3.63, 3.8) is 0 Å². The van der Waals surface area contributed by atoms with Gasteiger partial charge in [-0.3, -0.25) is 0 Å². The monoisotopic (exact) mass is 190 g/mol. The molecule has 0 atom stereocenters. The van der Waals surface area contributed by atoms with Crippen LogP contribution < -0.4 is 5.73 Å². The third kappa shape index (κ3) is 1.21. The molecule has 0 fully saturated rings. The van der Waals surface area contributed by atoms with E-state index in [2.05, 4.69) is 4.98 Å². The highest BCUT2D eigenvalue weighted by Gasteiger charge is 2.07. The van der Waals surface area contributed by atoms with Crippen molar-refractivity contribution in [2.75, 3.05) is 5.73 Å². The van der Waals surface area contributed by atoms with E-state index in [9.17, 15) is 4.39 Å². The lowest BCUT2D eigenvalue weighted by atomic mass is 10.0. The molecule has 0 spiro atoms. The minimum atomic E-state index is -0.202. The van der Waals surface area contributed by atoms with Gasteiger partial charge in [0.15, 0.2) is 0 Å². The van der Waals surface area contributed by atoms with Crippen LogP contribution in [0.1, 0.15) is 11.3 Å². The van der Waals surface area contributed by atoms with Crippen LogP contribution in [0.25, 0.3) is 10.8 Å². The van der Waals surface area contributed by atoms with E-state index >= 15 is 0 Å². The Kier molecular flexibility index (Phi) is 1.88. The molecule has 0 amide bonds. The lowest BCUT2D eigenvalue weighted by Gasteiger charge is -2.07. The van der Waals surface area contributed by atoms with E-state index in [0.29, 0.717) is 11.4 Å². The molecular weight excluding hydrogens is 179 g/mol. The van der Waals surface area contributed by atoms with E-state index < -0.39 is 0 Å². The Morgan fingerprint density at radius 1 is 1.29 bits per heavy atom. The summed E-state index contributed by atoms with van der Waals surface area (Å²) in [6.07, 6.45) is 0. The van der Waals surface area contributed by atoms with Crippen LogP contribution in [-0.2, 0) is 0 Å². The van der Waals surface area contributed by atoms with Crippen LogP contribution in [0.3, 0.4) is 0 Å². The van der Waals surface area contributed by atoms with Crippen LogP contribution in [0.15, 0.2) is 18.2 Å². The second-order valence-corrected chi connectivity index (χ2v) is 3.40. The molecule has 2 aromatic rings. The van der Waals surface area contributed by atoms with E-state index in [0.717, 1.165) is 16.5 Å². The Bertz CT molecular complexity index is 506. The molecule has 0 saturated carbocycles. The van der Waals surface area contributed by atoms with Gasteiger partial charge in [-0.05, 0) is 36.9 Å². The van der Waals surface area contributed by atoms with Crippen molar-refractivity contribution < 1.29 is 4.39 Å². The normalized spacial score (nSPS) is 10.8. The fourth-order valence-electron chi connectivity index (χ4n) is 1.75. The van der Waals surface area contributed by atoms with Gasteiger partial charge in [0.05, 0.1) is 0 Å². The zero-order chi connectivity index (χ0) is 10.3. The van der Waals surface area contributed by atoms with E-state index in [1.807, 2.05) is 6.92 Å². The number of fused-ring (bicyclic) bond motifs is 1. The summed E-state index contributed by atoms with van der Waals surface area (Å²) in [5.41, 5.74) is 7.01. The minimum Gasteiger partial charge on any atom is -0.384 e. The van der Waals surface area contributed by atoms with Gasteiger partial charge < -0.3 is 5.73 Å². The summed E-state index contributed by atoms with van der Waals surface area (Å²) < 4.78 is 13.3. The van der Waals surface area contributed by atoms with Gasteiger partial charge in [-0.15, -0.1) is 0 Å². The maximum atomic E-state index is 13.3. The molecule has 1 aromatic heterocycles. The van der Waals surface area contributed by atoms with Crippen molar-refractivity contribution in [1.82, 2.24) is 4.98 Å². The second kappa shape index (κ2) is 2.94. The van der Waals surface area contributed by atoms with Crippen LogP contribution in [0, 0.1) is 19.7 Å². The van der Waals surface area contributed by atoms with Crippen molar-refractivity contribution in [2.45, 2.75) is 13.8 Å². The smallest absolute Gasteiger partial charge is 0.126 e. The van der Waals surface area contributed by atoms with Gasteiger partial charge in [-0.2, -0.15) is 0 Å². The molecule has 1 heterocycles. The first-order valence-electron chi connectivity index (χ1n) is 4.41. The molecule has 2 nitrogen and oxygen atoms in total. The van der Waals surface area contributed by atoms with Gasteiger partial charge in [0, 0.05) is 11.1 Å². The number of nitrogens with zero attached hydrogens (tertiary/aromatic N) is 1. The molecule has 0 aliphatic carbocycles. The number of benzene rings is 1. The van der Waals surface area contributed by atoms with E-state index in [1.165, 1.54) is 6.07 Å². The minimum absolute atomic E-state index is 0.202. The Hall–Kier alpha value is -1.64. The summed E-state index contributed by atoms with van der Waals surface area (Å²) >= 11 is 0. The highest BCUT2D eigenvalue weighted by atomic mass is 19.1. The van der Waals surface area contributed by atoms with Gasteiger partial charge in [-0.1, -0.05) is 6.07 Å². The number of halogens is 1. The topological polar surface area (TPSA) is 38.9 Å². The standard InChI is InChI=1S/C11H11FN2/c1-6-9(12)4-3-8-5-10(13)14-7(2)11(6)8/h3-5H,1-2H3,(H2,13,14). The van der Waals surface area contributed by atoms with E-state index in [4.69, 9.17) is 5.73 Å². The number of hydrogen-bond donors (Lipinski definition) is 1. The third-order valence-corrected chi connectivity index (χ3v) is 2.39. The first kappa shape index (κ1) is 8.94. The second-order valence-electron chi connectivity index (χ2n) is 3.40. The molecule has 1 aromatic carbocycles. The van der Waals surface area contributed by atoms with Crippen molar-refractivity contribution in [1.29, 1.82) is 0 Å². The fraction of sp³-hybridized carbons (Fsp3) is 0.182. The van der Waals surface area contributed by atoms with Crippen LogP contribution in [0.2, 0.25) is 0 Å². The molecule has 72 valence electrons. The number of nitrogen functional groups attached to an aromatic ring is 1. The maximum Gasteiger partial charge on any atom is 0.126 e. The first-order chi connectivity index (χ1) is 6.59. The molecule has 2 rings (SSSR count). The van der Waals surface area contributed by atoms with Crippen molar-refractivity contribution in [2.24, 2.45) is 0 Å². The Balaban J connectivity index is 2.95. The van der Waals surface area contributed by atoms with Crippen molar-refractivity contribution >= 4 is 16.6 Å². The number of anilines is 1. The molecule has 0 unspecified atom stereocenters. The summed E-state index contributed by atoms with van der Waals surface area (Å²) in [5, 5.41) is 1.80. The Morgan fingerprint density at radius 2 is 2.00 bits per heavy atom. The lowest BCUT2D eigenvalue weighted by molar-refractivity contribution is 0.621. The van der Waals surface area contributed by atoms with Crippen LogP contribution >= 0.6 is 0 Å². The Labute approximate surface area is 81.6 Å². The van der Waals surface area contributed by atoms with Gasteiger partial charge in [0.1, 0.15) is 11.6 Å². The average Bonchev–Trinajstić information content (AvgIpc) is 2.10. The van der Waals surface area contributed by atoms with Crippen LogP contribution in [0.4, 0.5) is 10.2 Å². The molecule has 0 saturated heterocycles. The van der Waals surface area contributed by atoms with Crippen LogP contribution in [-0.4, -0.2) is 4.98 Å². The molecule has 14 heavy (non-hydrogen) atoms. The SMILES string of the molecule is Cc1nc(N)cc2ccc(F)c(C)c12. The van der Waals surface area contributed by atoms with Gasteiger partial charge in [-0.25, -0.2) is 9.37 Å². The molecule has 0 aliphatic rings. The molecule has 3 heteroatoms. The van der Waals surface area contributed by atoms with Crippen LogP contribution in [0.5, 0.6) is 0 Å². The fourth-order valence-corrected chi connectivity index (χ4v) is 1.75. The number of rotatable bonds is 0. The average molecular weight is 190 g/mol. The zero-order valence-corrected chi connectivity index (χ0v) is 8.13. The first-order valence-corrected chi connectivity index (χ1v) is 4.41. The van der Waals surface area contributed by atoms with Gasteiger partial charge >= 0.3 is 0 Å². The quantitative estimate of drug-likeness (QED) is 0.693. The number of aryl methyl sites for hydroxylation is 2. The molecule has 0 bridgehead atoms. The van der Waals surface area contributed by atoms with Gasteiger partial charge in [0.2, 0.25) is 0 Å². The summed E-state index contributed by atoms with van der Waals surface area (Å²) in [6.45, 7) is 3.59. The molecular formula is C11H11FN2. The third-order valence-electron chi connectivity index (χ3n) is 2.39. The Morgan fingerprint density at radius 3 is 2.71 bits per heavy atom. The summed E-state index contributed by atoms with van der Waals surface area (Å²) in [6, 6.07) is 4.94. The zero-order valence-electron chi connectivity index (χ0n) is 8.13. The summed E-state index contributed by atoms with van der Waals surface area (Å²) in [5.74, 6) is 0.271. The predicted octanol–water partition coefficient (Wildman–Crippen LogP) is 2.57. The highest BCUT2D eigenvalue weighted by molar-refractivity contribution is 5.89. The van der Waals surface area contributed by atoms with Crippen molar-refractivity contribution in [3.8, 4) is 0 Å². The number of pyridine rings is 1. The van der Waals surface area contributed by atoms with E-state index in [-0.39, 0.29) is 5.82 Å². The highest BCUT2D eigenvalue weighted by Crippen LogP contribution is 2.24. The lowest BCUT2D eigenvalue weighted by Crippen LogP contribution is -1.95. The van der Waals surface area contributed by atoms with E-state index in [1.54, 1.807) is 19.1 Å². The summed E-state index contributed by atoms with van der Waals surface area (Å²) in [4.78, 5) is 4.11. The van der Waals surface area contributed by atoms with Crippen molar-refractivity contribution in [3.05, 3.63) is 35.3 Å². The summed E-state index contributed by atoms with van der Waals surface area (Å²) in [7, 11) is 0. The predicted molar refractivity (Wildman–Crippen MR) is 55.6 cm³/mol. The number of nitrogens with two attached hydrogens (primary N) is 1. The number of aromatic nitrogens is 1. The molecule has 0 aliphatic heterocycles.